The van der Waals surface area contributed by atoms with Crippen LogP contribution in [0.1, 0.15) is 0 Å². The van der Waals surface area contributed by atoms with Crippen LogP contribution in [0.25, 0.3) is 62.2 Å². The standard InChI is InChI=1S/C26H14S3/c1-2-23(27-8-1)26-14-18-11-22-16(13-25(18)29-26)4-6-19-20(22)5-3-15-12-24-17(7-9-28-24)10-21(15)19/h1-14H. The van der Waals surface area contributed by atoms with Crippen molar-refractivity contribution in [1.29, 1.82) is 0 Å². The van der Waals surface area contributed by atoms with E-state index in [0.717, 1.165) is 0 Å². The fraction of sp³-hybridized carbons (Fsp3) is 0. The maximum atomic E-state index is 2.38. The van der Waals surface area contributed by atoms with Gasteiger partial charge in [-0.05, 0) is 96.3 Å². The monoisotopic (exact) mass is 422 g/mol. The van der Waals surface area contributed by atoms with Crippen molar-refractivity contribution in [3.05, 3.63) is 83.6 Å². The van der Waals surface area contributed by atoms with Crippen molar-refractivity contribution in [2.75, 3.05) is 0 Å². The van der Waals surface area contributed by atoms with Crippen molar-refractivity contribution < 1.29 is 0 Å². The Balaban J connectivity index is 1.56. The Kier molecular flexibility index (Phi) is 3.28. The molecule has 7 rings (SSSR count). The molecule has 0 radical (unpaired) electrons. The van der Waals surface area contributed by atoms with Crippen LogP contribution in [0.5, 0.6) is 0 Å². The summed E-state index contributed by atoms with van der Waals surface area (Å²) in [5.74, 6) is 0. The zero-order valence-electron chi connectivity index (χ0n) is 15.3. The molecule has 4 aromatic carbocycles. The zero-order valence-corrected chi connectivity index (χ0v) is 17.8. The second-order valence-electron chi connectivity index (χ2n) is 7.46. The van der Waals surface area contributed by atoms with Gasteiger partial charge in [0.15, 0.2) is 0 Å². The lowest BCUT2D eigenvalue weighted by atomic mass is 9.96. The predicted molar refractivity (Wildman–Crippen MR) is 133 cm³/mol. The highest BCUT2D eigenvalue weighted by Gasteiger charge is 2.10. The lowest BCUT2D eigenvalue weighted by molar-refractivity contribution is 1.86. The van der Waals surface area contributed by atoms with Gasteiger partial charge in [0, 0.05) is 19.2 Å². The van der Waals surface area contributed by atoms with Gasteiger partial charge in [-0.25, -0.2) is 0 Å². The lowest BCUT2D eigenvalue weighted by Gasteiger charge is -2.08. The highest BCUT2D eigenvalue weighted by Crippen LogP contribution is 2.40. The van der Waals surface area contributed by atoms with Gasteiger partial charge >= 0.3 is 0 Å². The molecule has 0 bridgehead atoms. The molecule has 0 aliphatic carbocycles. The predicted octanol–water partition coefficient (Wildman–Crippen LogP) is 9.30. The quantitative estimate of drug-likeness (QED) is 0.231. The number of hydrogen-bond donors (Lipinski definition) is 0. The fourth-order valence-electron chi connectivity index (χ4n) is 4.41. The number of benzene rings is 4. The fourth-order valence-corrected chi connectivity index (χ4v) is 7.14. The van der Waals surface area contributed by atoms with Crippen molar-refractivity contribution in [2.24, 2.45) is 0 Å². The Morgan fingerprint density at radius 2 is 1.21 bits per heavy atom. The van der Waals surface area contributed by atoms with E-state index < -0.39 is 0 Å². The summed E-state index contributed by atoms with van der Waals surface area (Å²) < 4.78 is 2.72. The summed E-state index contributed by atoms with van der Waals surface area (Å²) in [6.07, 6.45) is 0. The summed E-state index contributed by atoms with van der Waals surface area (Å²) in [6.45, 7) is 0. The molecule has 0 aliphatic heterocycles. The van der Waals surface area contributed by atoms with Gasteiger partial charge in [0.2, 0.25) is 0 Å². The molecule has 29 heavy (non-hydrogen) atoms. The van der Waals surface area contributed by atoms with Gasteiger partial charge in [0.1, 0.15) is 0 Å². The van der Waals surface area contributed by atoms with Gasteiger partial charge in [-0.2, -0.15) is 0 Å². The number of fused-ring (bicyclic) bond motifs is 7. The molecule has 0 saturated carbocycles. The minimum atomic E-state index is 1.32. The van der Waals surface area contributed by atoms with E-state index >= 15 is 0 Å². The topological polar surface area (TPSA) is 0 Å². The van der Waals surface area contributed by atoms with Gasteiger partial charge in [0.05, 0.1) is 0 Å². The lowest BCUT2D eigenvalue weighted by Crippen LogP contribution is -1.81. The summed E-state index contributed by atoms with van der Waals surface area (Å²) in [5, 5.41) is 15.0. The first-order valence-electron chi connectivity index (χ1n) is 9.57. The summed E-state index contributed by atoms with van der Waals surface area (Å²) in [7, 11) is 0. The second kappa shape index (κ2) is 5.90. The highest BCUT2D eigenvalue weighted by molar-refractivity contribution is 7.25. The van der Waals surface area contributed by atoms with E-state index in [9.17, 15) is 0 Å². The van der Waals surface area contributed by atoms with Crippen LogP contribution in [0, 0.1) is 0 Å². The van der Waals surface area contributed by atoms with Gasteiger partial charge in [-0.3, -0.25) is 0 Å². The highest BCUT2D eigenvalue weighted by atomic mass is 32.1. The summed E-state index contributed by atoms with van der Waals surface area (Å²) in [6, 6.07) is 27.5. The Bertz CT molecular complexity index is 1690. The van der Waals surface area contributed by atoms with Gasteiger partial charge in [-0.1, -0.05) is 30.3 Å². The largest absolute Gasteiger partial charge is 0.144 e. The first kappa shape index (κ1) is 16.1. The zero-order chi connectivity index (χ0) is 18.9. The van der Waals surface area contributed by atoms with Crippen molar-refractivity contribution >= 4 is 86.5 Å². The molecule has 0 fully saturated rings. The Morgan fingerprint density at radius 3 is 1.97 bits per heavy atom. The molecule has 136 valence electrons. The smallest absolute Gasteiger partial charge is 0.0455 e. The SMILES string of the molecule is c1csc(-c2cc3cc4c(ccc5c6cc7ccsc7cc6ccc45)cc3s2)c1. The molecule has 3 heteroatoms. The summed E-state index contributed by atoms with van der Waals surface area (Å²) >= 11 is 5.52. The van der Waals surface area contributed by atoms with Gasteiger partial charge < -0.3 is 0 Å². The first-order chi connectivity index (χ1) is 14.3. The van der Waals surface area contributed by atoms with E-state index in [2.05, 4.69) is 83.6 Å². The molecule has 7 aromatic rings. The Morgan fingerprint density at radius 1 is 0.448 bits per heavy atom. The molecular formula is C26H14S3. The molecule has 0 unspecified atom stereocenters. The molecule has 0 saturated heterocycles. The molecule has 0 spiro atoms. The summed E-state index contributed by atoms with van der Waals surface area (Å²) in [4.78, 5) is 2.71. The number of thiophene rings is 3. The third-order valence-corrected chi connectivity index (χ3v) is 8.85. The van der Waals surface area contributed by atoms with Gasteiger partial charge in [-0.15, -0.1) is 34.0 Å². The van der Waals surface area contributed by atoms with Crippen LogP contribution >= 0.6 is 34.0 Å². The van der Waals surface area contributed by atoms with Crippen molar-refractivity contribution in [2.45, 2.75) is 0 Å². The van der Waals surface area contributed by atoms with Crippen LogP contribution in [0.15, 0.2) is 83.6 Å². The van der Waals surface area contributed by atoms with E-state index in [1.54, 1.807) is 0 Å². The molecule has 0 nitrogen and oxygen atoms in total. The van der Waals surface area contributed by atoms with Crippen LogP contribution in [0.2, 0.25) is 0 Å². The average molecular weight is 423 g/mol. The van der Waals surface area contributed by atoms with Crippen LogP contribution in [-0.4, -0.2) is 0 Å². The van der Waals surface area contributed by atoms with Crippen molar-refractivity contribution in [1.82, 2.24) is 0 Å². The Hall–Kier alpha value is -2.72. The third kappa shape index (κ3) is 2.35. The minimum absolute atomic E-state index is 1.32. The first-order valence-corrected chi connectivity index (χ1v) is 12.1. The molecule has 0 aliphatic rings. The molecule has 0 N–H and O–H groups in total. The van der Waals surface area contributed by atoms with Crippen molar-refractivity contribution in [3.63, 3.8) is 0 Å². The van der Waals surface area contributed by atoms with Crippen LogP contribution < -0.4 is 0 Å². The van der Waals surface area contributed by atoms with E-state index in [1.807, 2.05) is 34.0 Å². The molecular weight excluding hydrogens is 408 g/mol. The number of rotatable bonds is 1. The third-order valence-electron chi connectivity index (χ3n) is 5.81. The maximum Gasteiger partial charge on any atom is 0.0455 e. The van der Waals surface area contributed by atoms with E-state index in [0.29, 0.717) is 0 Å². The Labute approximate surface area is 179 Å². The molecule has 3 heterocycles. The maximum absolute atomic E-state index is 2.38. The van der Waals surface area contributed by atoms with Crippen LogP contribution in [0.4, 0.5) is 0 Å². The van der Waals surface area contributed by atoms with E-state index in [-0.39, 0.29) is 0 Å². The minimum Gasteiger partial charge on any atom is -0.144 e. The molecule has 0 amide bonds. The normalized spacial score (nSPS) is 12.1. The summed E-state index contributed by atoms with van der Waals surface area (Å²) in [5.41, 5.74) is 0. The van der Waals surface area contributed by atoms with Gasteiger partial charge in [0.25, 0.3) is 0 Å². The molecule has 3 aromatic heterocycles. The van der Waals surface area contributed by atoms with Crippen LogP contribution in [-0.2, 0) is 0 Å². The van der Waals surface area contributed by atoms with E-state index in [4.69, 9.17) is 0 Å². The number of hydrogen-bond acceptors (Lipinski definition) is 3. The second-order valence-corrected chi connectivity index (χ2v) is 10.4. The molecule has 0 atom stereocenters. The van der Waals surface area contributed by atoms with E-state index in [1.165, 1.54) is 62.2 Å². The van der Waals surface area contributed by atoms with Crippen LogP contribution in [0.3, 0.4) is 0 Å². The van der Waals surface area contributed by atoms with Crippen molar-refractivity contribution in [3.8, 4) is 9.75 Å². The average Bonchev–Trinajstić information content (AvgIpc) is 3.49.